The number of benzene rings is 2. The van der Waals surface area contributed by atoms with Gasteiger partial charge in [-0.2, -0.15) is 0 Å². The molecule has 6 heteroatoms. The highest BCUT2D eigenvalue weighted by atomic mass is 32.1. The van der Waals surface area contributed by atoms with Crippen molar-refractivity contribution in [2.45, 2.75) is 6.92 Å². The lowest BCUT2D eigenvalue weighted by molar-refractivity contribution is 0.102. The monoisotopic (exact) mass is 310 g/mol. The fourth-order valence-electron chi connectivity index (χ4n) is 2.02. The first-order chi connectivity index (χ1) is 10.6. The molecule has 0 saturated carbocycles. The van der Waals surface area contributed by atoms with Gasteiger partial charge in [-0.25, -0.2) is 0 Å². The molecule has 0 aliphatic rings. The second kappa shape index (κ2) is 5.95. The van der Waals surface area contributed by atoms with Crippen LogP contribution in [0.2, 0.25) is 0 Å². The van der Waals surface area contributed by atoms with Crippen molar-refractivity contribution in [3.63, 3.8) is 0 Å². The third-order valence-corrected chi connectivity index (χ3v) is 3.95. The van der Waals surface area contributed by atoms with Crippen LogP contribution in [-0.4, -0.2) is 16.1 Å². The molecule has 0 bridgehead atoms. The predicted octanol–water partition coefficient (Wildman–Crippen LogP) is 3.35. The number of nitrogens with one attached hydrogen (secondary N) is 1. The first-order valence-corrected chi connectivity index (χ1v) is 7.51. The van der Waals surface area contributed by atoms with E-state index in [1.165, 1.54) is 11.3 Å². The van der Waals surface area contributed by atoms with Crippen LogP contribution in [0.25, 0.3) is 10.6 Å². The number of carbonyl (C=O) groups is 1. The zero-order valence-electron chi connectivity index (χ0n) is 11.9. The number of hydrogen-bond donors (Lipinski definition) is 2. The summed E-state index contributed by atoms with van der Waals surface area (Å²) in [6.07, 6.45) is 0. The summed E-state index contributed by atoms with van der Waals surface area (Å²) in [5.74, 6) is -0.195. The number of carbonyl (C=O) groups excluding carboxylic acids is 1. The lowest BCUT2D eigenvalue weighted by atomic mass is 10.1. The normalized spacial score (nSPS) is 10.4. The van der Waals surface area contributed by atoms with E-state index >= 15 is 0 Å². The first kappa shape index (κ1) is 14.2. The number of aryl methyl sites for hydroxylation is 1. The molecular formula is C16H14N4OS. The molecule has 0 aliphatic heterocycles. The fourth-order valence-corrected chi connectivity index (χ4v) is 2.75. The van der Waals surface area contributed by atoms with Gasteiger partial charge in [-0.15, -0.1) is 10.2 Å². The summed E-state index contributed by atoms with van der Waals surface area (Å²) in [6, 6.07) is 14.8. The van der Waals surface area contributed by atoms with E-state index in [1.807, 2.05) is 49.4 Å². The summed E-state index contributed by atoms with van der Waals surface area (Å²) in [5.41, 5.74) is 8.94. The fraction of sp³-hybridized carbons (Fsp3) is 0.0625. The quantitative estimate of drug-likeness (QED) is 0.727. The highest BCUT2D eigenvalue weighted by Gasteiger charge is 2.11. The molecule has 0 radical (unpaired) electrons. The summed E-state index contributed by atoms with van der Waals surface area (Å²) in [5, 5.41) is 12.0. The SMILES string of the molecule is Cc1cccc(C(=O)Nc2nnc(-c3cccc(N)c3)s2)c1. The Hall–Kier alpha value is -2.73. The molecule has 2 aromatic carbocycles. The molecule has 1 amide bonds. The maximum Gasteiger partial charge on any atom is 0.257 e. The van der Waals surface area contributed by atoms with Crippen LogP contribution < -0.4 is 11.1 Å². The maximum absolute atomic E-state index is 12.2. The lowest BCUT2D eigenvalue weighted by Crippen LogP contribution is -2.11. The van der Waals surface area contributed by atoms with Gasteiger partial charge in [-0.3, -0.25) is 10.1 Å². The highest BCUT2D eigenvalue weighted by Crippen LogP contribution is 2.27. The van der Waals surface area contributed by atoms with Gasteiger partial charge in [0.1, 0.15) is 5.01 Å². The van der Waals surface area contributed by atoms with Crippen LogP contribution in [0.15, 0.2) is 48.5 Å². The molecule has 1 heterocycles. The number of rotatable bonds is 3. The molecule has 3 rings (SSSR count). The zero-order valence-corrected chi connectivity index (χ0v) is 12.7. The van der Waals surface area contributed by atoms with Crippen LogP contribution in [0.4, 0.5) is 10.8 Å². The van der Waals surface area contributed by atoms with E-state index < -0.39 is 0 Å². The molecule has 1 aromatic heterocycles. The van der Waals surface area contributed by atoms with Crippen LogP contribution in [0.3, 0.4) is 0 Å². The van der Waals surface area contributed by atoms with Gasteiger partial charge >= 0.3 is 0 Å². The second-order valence-electron chi connectivity index (χ2n) is 4.86. The summed E-state index contributed by atoms with van der Waals surface area (Å²) >= 11 is 1.31. The predicted molar refractivity (Wildman–Crippen MR) is 88.9 cm³/mol. The van der Waals surface area contributed by atoms with E-state index in [2.05, 4.69) is 15.5 Å². The van der Waals surface area contributed by atoms with Gasteiger partial charge in [-0.1, -0.05) is 41.2 Å². The summed E-state index contributed by atoms with van der Waals surface area (Å²) in [7, 11) is 0. The van der Waals surface area contributed by atoms with Gasteiger partial charge in [0.15, 0.2) is 0 Å². The molecule has 110 valence electrons. The molecule has 0 unspecified atom stereocenters. The average molecular weight is 310 g/mol. The van der Waals surface area contributed by atoms with Crippen molar-refractivity contribution < 1.29 is 4.79 Å². The minimum absolute atomic E-state index is 0.195. The Morgan fingerprint density at radius 1 is 1.14 bits per heavy atom. The van der Waals surface area contributed by atoms with Gasteiger partial charge < -0.3 is 5.73 Å². The summed E-state index contributed by atoms with van der Waals surface area (Å²) in [4.78, 5) is 12.2. The Balaban J connectivity index is 1.78. The molecular weight excluding hydrogens is 296 g/mol. The molecule has 3 N–H and O–H groups in total. The number of hydrogen-bond acceptors (Lipinski definition) is 5. The van der Waals surface area contributed by atoms with E-state index in [1.54, 1.807) is 6.07 Å². The second-order valence-corrected chi connectivity index (χ2v) is 5.84. The van der Waals surface area contributed by atoms with Crippen LogP contribution >= 0.6 is 11.3 Å². The van der Waals surface area contributed by atoms with Crippen molar-refractivity contribution >= 4 is 28.1 Å². The molecule has 5 nitrogen and oxygen atoms in total. The zero-order chi connectivity index (χ0) is 15.5. The molecule has 0 spiro atoms. The van der Waals surface area contributed by atoms with E-state index in [-0.39, 0.29) is 5.91 Å². The van der Waals surface area contributed by atoms with Gasteiger partial charge in [0, 0.05) is 16.8 Å². The van der Waals surface area contributed by atoms with Crippen LogP contribution in [0.1, 0.15) is 15.9 Å². The van der Waals surface area contributed by atoms with Crippen LogP contribution in [0, 0.1) is 6.92 Å². The molecule has 0 atom stereocenters. The number of anilines is 2. The van der Waals surface area contributed by atoms with Crippen molar-refractivity contribution in [1.82, 2.24) is 10.2 Å². The van der Waals surface area contributed by atoms with Crippen molar-refractivity contribution in [3.8, 4) is 10.6 Å². The Kier molecular flexibility index (Phi) is 3.84. The largest absolute Gasteiger partial charge is 0.399 e. The highest BCUT2D eigenvalue weighted by molar-refractivity contribution is 7.18. The molecule has 0 aliphatic carbocycles. The van der Waals surface area contributed by atoms with Crippen LogP contribution in [0.5, 0.6) is 0 Å². The maximum atomic E-state index is 12.2. The van der Waals surface area contributed by atoms with E-state index in [9.17, 15) is 4.79 Å². The van der Waals surface area contributed by atoms with E-state index in [4.69, 9.17) is 5.73 Å². The minimum Gasteiger partial charge on any atom is -0.399 e. The molecule has 22 heavy (non-hydrogen) atoms. The van der Waals surface area contributed by atoms with Crippen molar-refractivity contribution in [3.05, 3.63) is 59.7 Å². The summed E-state index contributed by atoms with van der Waals surface area (Å²) < 4.78 is 0. The smallest absolute Gasteiger partial charge is 0.257 e. The lowest BCUT2D eigenvalue weighted by Gasteiger charge is -2.01. The number of nitrogens with zero attached hydrogens (tertiary/aromatic N) is 2. The summed E-state index contributed by atoms with van der Waals surface area (Å²) in [6.45, 7) is 1.94. The van der Waals surface area contributed by atoms with Gasteiger partial charge in [0.05, 0.1) is 0 Å². The van der Waals surface area contributed by atoms with E-state index in [0.717, 1.165) is 11.1 Å². The molecule has 3 aromatic rings. The standard InChI is InChI=1S/C16H14N4OS/c1-10-4-2-5-11(8-10)14(21)18-16-20-19-15(22-16)12-6-3-7-13(17)9-12/h2-9H,17H2,1H3,(H,18,20,21). The average Bonchev–Trinajstić information content (AvgIpc) is 2.96. The van der Waals surface area contributed by atoms with Crippen LogP contribution in [-0.2, 0) is 0 Å². The Bertz CT molecular complexity index is 828. The van der Waals surface area contributed by atoms with Gasteiger partial charge in [0.25, 0.3) is 5.91 Å². The minimum atomic E-state index is -0.195. The van der Waals surface area contributed by atoms with Gasteiger partial charge in [-0.05, 0) is 31.2 Å². The van der Waals surface area contributed by atoms with E-state index in [0.29, 0.717) is 21.4 Å². The van der Waals surface area contributed by atoms with Gasteiger partial charge in [0.2, 0.25) is 5.13 Å². The Morgan fingerprint density at radius 3 is 2.73 bits per heavy atom. The number of aromatic nitrogens is 2. The third kappa shape index (κ3) is 3.12. The van der Waals surface area contributed by atoms with Crippen molar-refractivity contribution in [2.75, 3.05) is 11.1 Å². The number of nitrogen functional groups attached to an aromatic ring is 1. The number of nitrogens with two attached hydrogens (primary N) is 1. The first-order valence-electron chi connectivity index (χ1n) is 6.69. The topological polar surface area (TPSA) is 80.9 Å². The van der Waals surface area contributed by atoms with Crippen molar-refractivity contribution in [2.24, 2.45) is 0 Å². The number of amides is 1. The Labute approximate surface area is 131 Å². The molecule has 0 fully saturated rings. The Morgan fingerprint density at radius 2 is 1.95 bits per heavy atom. The van der Waals surface area contributed by atoms with Crippen molar-refractivity contribution in [1.29, 1.82) is 0 Å². The third-order valence-electron chi connectivity index (χ3n) is 3.06. The molecule has 0 saturated heterocycles.